The van der Waals surface area contributed by atoms with Crippen LogP contribution in [0, 0.1) is 5.92 Å². The van der Waals surface area contributed by atoms with Crippen LogP contribution in [0.4, 0.5) is 17.8 Å². The summed E-state index contributed by atoms with van der Waals surface area (Å²) in [6.45, 7) is 6.75. The Morgan fingerprint density at radius 3 is 2.60 bits per heavy atom. The molecule has 1 fully saturated rings. The summed E-state index contributed by atoms with van der Waals surface area (Å²) in [7, 11) is 0. The van der Waals surface area contributed by atoms with Crippen LogP contribution in [-0.2, 0) is 0 Å². The maximum Gasteiger partial charge on any atom is 0.243 e. The van der Waals surface area contributed by atoms with Crippen molar-refractivity contribution in [3.63, 3.8) is 0 Å². The zero-order valence-corrected chi connectivity index (χ0v) is 12.9. The monoisotopic (exact) mass is 297 g/mol. The number of nitrogens with zero attached hydrogens (tertiary/aromatic N) is 4. The quantitative estimate of drug-likeness (QED) is 0.510. The maximum absolute atomic E-state index is 5.44. The summed E-state index contributed by atoms with van der Waals surface area (Å²) < 4.78 is 0. The van der Waals surface area contributed by atoms with Crippen LogP contribution in [0.2, 0.25) is 0 Å². The molecule has 112 valence electrons. The average Bonchev–Trinajstić information content (AvgIpc) is 2.99. The zero-order valence-electron chi connectivity index (χ0n) is 12.1. The van der Waals surface area contributed by atoms with Crippen molar-refractivity contribution in [2.75, 3.05) is 46.8 Å². The van der Waals surface area contributed by atoms with Crippen molar-refractivity contribution < 1.29 is 0 Å². The van der Waals surface area contributed by atoms with E-state index in [1.165, 1.54) is 17.9 Å². The second kappa shape index (κ2) is 7.49. The van der Waals surface area contributed by atoms with Gasteiger partial charge in [0.05, 0.1) is 0 Å². The van der Waals surface area contributed by atoms with Crippen LogP contribution in [0.15, 0.2) is 0 Å². The first kappa shape index (κ1) is 15.1. The van der Waals surface area contributed by atoms with E-state index in [1.807, 2.05) is 11.8 Å². The van der Waals surface area contributed by atoms with Crippen LogP contribution < -0.4 is 21.5 Å². The van der Waals surface area contributed by atoms with E-state index in [9.17, 15) is 0 Å². The molecular weight excluding hydrogens is 274 g/mol. The van der Waals surface area contributed by atoms with Gasteiger partial charge in [0.25, 0.3) is 0 Å². The molecule has 1 saturated heterocycles. The van der Waals surface area contributed by atoms with E-state index in [1.54, 1.807) is 0 Å². The normalized spacial score (nSPS) is 18.1. The van der Waals surface area contributed by atoms with Gasteiger partial charge in [-0.3, -0.25) is 5.43 Å². The number of rotatable bonds is 7. The Balaban J connectivity index is 2.08. The zero-order chi connectivity index (χ0) is 14.4. The number of anilines is 3. The number of hydrogen-bond acceptors (Lipinski definition) is 8. The highest BCUT2D eigenvalue weighted by Gasteiger charge is 2.16. The van der Waals surface area contributed by atoms with E-state index in [-0.39, 0.29) is 0 Å². The molecule has 1 aromatic heterocycles. The van der Waals surface area contributed by atoms with Crippen molar-refractivity contribution in [2.45, 2.75) is 20.3 Å². The van der Waals surface area contributed by atoms with E-state index in [0.29, 0.717) is 23.8 Å². The van der Waals surface area contributed by atoms with Crippen LogP contribution in [0.5, 0.6) is 0 Å². The molecule has 0 amide bonds. The first-order valence-corrected chi connectivity index (χ1v) is 8.21. The van der Waals surface area contributed by atoms with Gasteiger partial charge in [-0.25, -0.2) is 5.84 Å². The number of nitrogen functional groups attached to an aromatic ring is 1. The van der Waals surface area contributed by atoms with Gasteiger partial charge in [0, 0.05) is 19.6 Å². The van der Waals surface area contributed by atoms with E-state index in [4.69, 9.17) is 5.84 Å². The summed E-state index contributed by atoms with van der Waals surface area (Å²) >= 11 is 2.01. The minimum Gasteiger partial charge on any atom is -0.354 e. The van der Waals surface area contributed by atoms with Crippen molar-refractivity contribution in [3.8, 4) is 0 Å². The molecule has 1 aliphatic rings. The third kappa shape index (κ3) is 3.86. The SMILES string of the molecule is CCN(CC)c1nc(NN)nc(NCC2CCSC2)n1. The van der Waals surface area contributed by atoms with E-state index >= 15 is 0 Å². The molecular formula is C12H23N7S. The Morgan fingerprint density at radius 2 is 2.00 bits per heavy atom. The summed E-state index contributed by atoms with van der Waals surface area (Å²) in [6.07, 6.45) is 1.26. The smallest absolute Gasteiger partial charge is 0.243 e. The van der Waals surface area contributed by atoms with E-state index < -0.39 is 0 Å². The predicted octanol–water partition coefficient (Wildman–Crippen LogP) is 1.17. The minimum absolute atomic E-state index is 0.394. The largest absolute Gasteiger partial charge is 0.354 e. The lowest BCUT2D eigenvalue weighted by atomic mass is 10.1. The Bertz CT molecular complexity index is 418. The third-order valence-electron chi connectivity index (χ3n) is 3.37. The number of nitrogens with two attached hydrogens (primary N) is 1. The van der Waals surface area contributed by atoms with Gasteiger partial charge in [-0.1, -0.05) is 0 Å². The molecule has 2 rings (SSSR count). The first-order valence-electron chi connectivity index (χ1n) is 7.06. The number of hydrazine groups is 1. The van der Waals surface area contributed by atoms with Gasteiger partial charge >= 0.3 is 0 Å². The van der Waals surface area contributed by atoms with Gasteiger partial charge in [0.15, 0.2) is 0 Å². The van der Waals surface area contributed by atoms with E-state index in [2.05, 4.69) is 44.4 Å². The highest BCUT2D eigenvalue weighted by atomic mass is 32.2. The van der Waals surface area contributed by atoms with Crippen LogP contribution >= 0.6 is 11.8 Å². The van der Waals surface area contributed by atoms with Gasteiger partial charge in [0.1, 0.15) is 0 Å². The molecule has 1 unspecified atom stereocenters. The molecule has 4 N–H and O–H groups in total. The standard InChI is InChI=1S/C12H23N7S/c1-3-19(4-2)12-16-10(15-11(17-12)18-13)14-7-9-5-6-20-8-9/h9H,3-8,13H2,1-2H3,(H2,14,15,16,17,18). The number of thioether (sulfide) groups is 1. The Morgan fingerprint density at radius 1 is 1.25 bits per heavy atom. The lowest BCUT2D eigenvalue weighted by molar-refractivity contribution is 0.628. The molecule has 8 heteroatoms. The third-order valence-corrected chi connectivity index (χ3v) is 4.60. The molecule has 20 heavy (non-hydrogen) atoms. The van der Waals surface area contributed by atoms with E-state index in [0.717, 1.165) is 19.6 Å². The molecule has 0 radical (unpaired) electrons. The van der Waals surface area contributed by atoms with Crippen molar-refractivity contribution >= 4 is 29.6 Å². The number of hydrogen-bond donors (Lipinski definition) is 3. The molecule has 0 saturated carbocycles. The maximum atomic E-state index is 5.44. The molecule has 0 spiro atoms. The highest BCUT2D eigenvalue weighted by molar-refractivity contribution is 7.99. The number of nitrogens with one attached hydrogen (secondary N) is 2. The average molecular weight is 297 g/mol. The van der Waals surface area contributed by atoms with Crippen molar-refractivity contribution in [2.24, 2.45) is 11.8 Å². The summed E-state index contributed by atoms with van der Waals surface area (Å²) in [4.78, 5) is 15.1. The lowest BCUT2D eigenvalue weighted by Gasteiger charge is -2.19. The molecule has 0 aliphatic carbocycles. The number of aromatic nitrogens is 3. The second-order valence-electron chi connectivity index (χ2n) is 4.71. The topological polar surface area (TPSA) is 92.0 Å². The highest BCUT2D eigenvalue weighted by Crippen LogP contribution is 2.23. The predicted molar refractivity (Wildman–Crippen MR) is 85.1 cm³/mol. The molecule has 2 heterocycles. The Hall–Kier alpha value is -1.28. The Labute approximate surface area is 124 Å². The van der Waals surface area contributed by atoms with Gasteiger partial charge < -0.3 is 10.2 Å². The van der Waals surface area contributed by atoms with Crippen LogP contribution in [-0.4, -0.2) is 46.1 Å². The fourth-order valence-corrected chi connectivity index (χ4v) is 3.42. The Kier molecular flexibility index (Phi) is 5.66. The molecule has 7 nitrogen and oxygen atoms in total. The molecule has 1 aromatic rings. The summed E-state index contributed by atoms with van der Waals surface area (Å²) in [5.41, 5.74) is 2.51. The summed E-state index contributed by atoms with van der Waals surface area (Å²) in [6, 6.07) is 0. The first-order chi connectivity index (χ1) is 9.76. The summed E-state index contributed by atoms with van der Waals surface area (Å²) in [5.74, 6) is 10.2. The second-order valence-corrected chi connectivity index (χ2v) is 5.86. The minimum atomic E-state index is 0.394. The molecule has 1 atom stereocenters. The van der Waals surface area contributed by atoms with Gasteiger partial charge in [-0.2, -0.15) is 26.7 Å². The molecule has 0 aromatic carbocycles. The van der Waals surface area contributed by atoms with Crippen molar-refractivity contribution in [1.29, 1.82) is 0 Å². The van der Waals surface area contributed by atoms with Gasteiger partial charge in [-0.15, -0.1) is 0 Å². The van der Waals surface area contributed by atoms with Crippen LogP contribution in [0.25, 0.3) is 0 Å². The van der Waals surface area contributed by atoms with Crippen molar-refractivity contribution in [1.82, 2.24) is 15.0 Å². The van der Waals surface area contributed by atoms with Crippen molar-refractivity contribution in [3.05, 3.63) is 0 Å². The van der Waals surface area contributed by atoms with Crippen LogP contribution in [0.3, 0.4) is 0 Å². The summed E-state index contributed by atoms with van der Waals surface area (Å²) in [5, 5.41) is 3.31. The lowest BCUT2D eigenvalue weighted by Crippen LogP contribution is -2.26. The van der Waals surface area contributed by atoms with Crippen LogP contribution in [0.1, 0.15) is 20.3 Å². The van der Waals surface area contributed by atoms with Gasteiger partial charge in [0.2, 0.25) is 17.8 Å². The fraction of sp³-hybridized carbons (Fsp3) is 0.750. The fourth-order valence-electron chi connectivity index (χ4n) is 2.14. The van der Waals surface area contributed by atoms with Gasteiger partial charge in [-0.05, 0) is 37.7 Å². The molecule has 1 aliphatic heterocycles. The molecule has 0 bridgehead atoms.